The van der Waals surface area contributed by atoms with Gasteiger partial charge in [0.1, 0.15) is 5.82 Å². The molecule has 3 rings (SSSR count). The second-order valence-electron chi connectivity index (χ2n) is 6.76. The van der Waals surface area contributed by atoms with Crippen LogP contribution < -0.4 is 4.90 Å². The predicted molar refractivity (Wildman–Crippen MR) is 112 cm³/mol. The number of rotatable bonds is 7. The molecule has 4 nitrogen and oxygen atoms in total. The molecular weight excluding hydrogens is 373 g/mol. The molecule has 0 fully saturated rings. The summed E-state index contributed by atoms with van der Waals surface area (Å²) in [6.45, 7) is 4.99. The van der Waals surface area contributed by atoms with Gasteiger partial charge < -0.3 is 0 Å². The summed E-state index contributed by atoms with van der Waals surface area (Å²) in [7, 11) is 2.00. The van der Waals surface area contributed by atoms with Gasteiger partial charge in [0.25, 0.3) is 0 Å². The molecule has 6 heteroatoms. The van der Waals surface area contributed by atoms with E-state index in [1.807, 2.05) is 36.7 Å². The van der Waals surface area contributed by atoms with Crippen molar-refractivity contribution >= 4 is 28.1 Å². The second-order valence-corrected chi connectivity index (χ2v) is 7.59. The van der Waals surface area contributed by atoms with Crippen LogP contribution in [0, 0.1) is 5.82 Å². The Morgan fingerprint density at radius 3 is 2.50 bits per heavy atom. The minimum atomic E-state index is -0.229. The molecule has 0 atom stereocenters. The van der Waals surface area contributed by atoms with Crippen LogP contribution in [-0.4, -0.2) is 22.8 Å². The van der Waals surface area contributed by atoms with Crippen molar-refractivity contribution in [3.05, 3.63) is 76.5 Å². The minimum absolute atomic E-state index is 0.0542. The molecule has 1 heterocycles. The fraction of sp³-hybridized carbons (Fsp3) is 0.273. The Balaban J connectivity index is 1.75. The third kappa shape index (κ3) is 4.82. The number of para-hydroxylation sites is 1. The van der Waals surface area contributed by atoms with Crippen LogP contribution in [0.2, 0.25) is 0 Å². The van der Waals surface area contributed by atoms with E-state index in [2.05, 4.69) is 11.8 Å². The van der Waals surface area contributed by atoms with E-state index in [1.54, 1.807) is 24.0 Å². The van der Waals surface area contributed by atoms with Crippen molar-refractivity contribution in [3.63, 3.8) is 0 Å². The molecule has 0 spiro atoms. The number of aryl methyl sites for hydroxylation is 1. The fourth-order valence-electron chi connectivity index (χ4n) is 3.14. The highest BCUT2D eigenvalue weighted by molar-refractivity contribution is 7.14. The van der Waals surface area contributed by atoms with Crippen LogP contribution in [0.25, 0.3) is 0 Å². The van der Waals surface area contributed by atoms with E-state index in [0.29, 0.717) is 18.2 Å². The number of benzene rings is 2. The minimum Gasteiger partial charge on any atom is -0.296 e. The van der Waals surface area contributed by atoms with Gasteiger partial charge in [-0.2, -0.15) is 0 Å². The van der Waals surface area contributed by atoms with Crippen LogP contribution >= 0.6 is 11.3 Å². The summed E-state index contributed by atoms with van der Waals surface area (Å²) in [5, 5.41) is 2.67. The molecule has 146 valence electrons. The quantitative estimate of drug-likeness (QED) is 0.552. The number of amides is 1. The molecule has 2 aromatic carbocycles. The van der Waals surface area contributed by atoms with Crippen molar-refractivity contribution in [2.24, 2.45) is 0 Å². The number of aromatic nitrogens is 1. The fourth-order valence-corrected chi connectivity index (χ4v) is 4.01. The Morgan fingerprint density at radius 2 is 1.82 bits per heavy atom. The van der Waals surface area contributed by atoms with Crippen LogP contribution in [-0.2, 0) is 24.3 Å². The van der Waals surface area contributed by atoms with Crippen molar-refractivity contribution in [2.75, 3.05) is 11.9 Å². The summed E-state index contributed by atoms with van der Waals surface area (Å²) in [5.74, 6) is -0.284. The number of carbonyl (C=O) groups excluding carboxylic acids is 1. The summed E-state index contributed by atoms with van der Waals surface area (Å²) >= 11 is 1.47. The lowest BCUT2D eigenvalue weighted by molar-refractivity contribution is -0.115. The van der Waals surface area contributed by atoms with E-state index in [-0.39, 0.29) is 11.7 Å². The number of thiazole rings is 1. The molecular formula is C22H24FN3OS. The molecule has 1 aromatic heterocycles. The molecule has 0 N–H and O–H groups in total. The number of hydrogen-bond donors (Lipinski definition) is 0. The normalized spacial score (nSPS) is 11.0. The third-order valence-electron chi connectivity index (χ3n) is 4.46. The molecule has 1 amide bonds. The van der Waals surface area contributed by atoms with E-state index in [1.165, 1.54) is 23.5 Å². The molecule has 3 aromatic rings. The van der Waals surface area contributed by atoms with Crippen LogP contribution in [0.3, 0.4) is 0 Å². The Morgan fingerprint density at radius 1 is 1.11 bits per heavy atom. The first-order valence-electron chi connectivity index (χ1n) is 9.24. The molecule has 0 radical (unpaired) electrons. The topological polar surface area (TPSA) is 36.4 Å². The van der Waals surface area contributed by atoms with Crippen LogP contribution in [0.15, 0.2) is 53.9 Å². The van der Waals surface area contributed by atoms with Gasteiger partial charge in [-0.15, -0.1) is 11.3 Å². The largest absolute Gasteiger partial charge is 0.296 e. The number of nitrogens with zero attached hydrogens (tertiary/aromatic N) is 3. The maximum absolute atomic E-state index is 13.1. The van der Waals surface area contributed by atoms with Gasteiger partial charge in [0.2, 0.25) is 5.91 Å². The highest BCUT2D eigenvalue weighted by atomic mass is 32.1. The van der Waals surface area contributed by atoms with Gasteiger partial charge in [0, 0.05) is 25.4 Å². The first kappa shape index (κ1) is 20.2. The molecule has 0 bridgehead atoms. The standard InChI is InChI=1S/C22H24FN3OS/c1-4-18-7-5-6-8-21(18)26(16(2)27)22-24-20(15-28-22)14-25(3)13-17-9-11-19(23)12-10-17/h5-12,15H,4,13-14H2,1-3H3. The summed E-state index contributed by atoms with van der Waals surface area (Å²) in [6.07, 6.45) is 0.846. The van der Waals surface area contributed by atoms with E-state index in [9.17, 15) is 9.18 Å². The first-order valence-corrected chi connectivity index (χ1v) is 10.1. The average molecular weight is 398 g/mol. The molecule has 0 saturated carbocycles. The lowest BCUT2D eigenvalue weighted by Crippen LogP contribution is -2.24. The van der Waals surface area contributed by atoms with Gasteiger partial charge in [-0.3, -0.25) is 14.6 Å². The van der Waals surface area contributed by atoms with Gasteiger partial charge in [0.05, 0.1) is 11.4 Å². The van der Waals surface area contributed by atoms with Crippen LogP contribution in [0.4, 0.5) is 15.2 Å². The Hall–Kier alpha value is -2.57. The van der Waals surface area contributed by atoms with Crippen LogP contribution in [0.1, 0.15) is 30.7 Å². The molecule has 0 aliphatic rings. The average Bonchev–Trinajstić information content (AvgIpc) is 3.11. The van der Waals surface area contributed by atoms with E-state index >= 15 is 0 Å². The molecule has 0 aliphatic heterocycles. The van der Waals surface area contributed by atoms with Gasteiger partial charge in [-0.25, -0.2) is 9.37 Å². The van der Waals surface area contributed by atoms with Gasteiger partial charge >= 0.3 is 0 Å². The smallest absolute Gasteiger partial charge is 0.230 e. The number of halogens is 1. The monoisotopic (exact) mass is 397 g/mol. The van der Waals surface area contributed by atoms with Crippen molar-refractivity contribution in [2.45, 2.75) is 33.4 Å². The third-order valence-corrected chi connectivity index (χ3v) is 5.33. The van der Waals surface area contributed by atoms with Crippen molar-refractivity contribution < 1.29 is 9.18 Å². The number of hydrogen-bond acceptors (Lipinski definition) is 4. The summed E-state index contributed by atoms with van der Waals surface area (Å²) in [6, 6.07) is 14.4. The number of anilines is 2. The maximum atomic E-state index is 13.1. The lowest BCUT2D eigenvalue weighted by atomic mass is 10.1. The van der Waals surface area contributed by atoms with Gasteiger partial charge in [-0.1, -0.05) is 37.3 Å². The lowest BCUT2D eigenvalue weighted by Gasteiger charge is -2.21. The summed E-state index contributed by atoms with van der Waals surface area (Å²) in [4.78, 5) is 20.9. The van der Waals surface area contributed by atoms with Crippen LogP contribution in [0.5, 0.6) is 0 Å². The zero-order valence-corrected chi connectivity index (χ0v) is 17.2. The van der Waals surface area contributed by atoms with E-state index in [4.69, 9.17) is 4.98 Å². The van der Waals surface area contributed by atoms with Gasteiger partial charge in [0.15, 0.2) is 5.13 Å². The summed E-state index contributed by atoms with van der Waals surface area (Å²) < 4.78 is 13.1. The molecule has 0 saturated heterocycles. The van der Waals surface area contributed by atoms with Gasteiger partial charge in [-0.05, 0) is 42.8 Å². The SMILES string of the molecule is CCc1ccccc1N(C(C)=O)c1nc(CN(C)Cc2ccc(F)cc2)cs1. The maximum Gasteiger partial charge on any atom is 0.230 e. The molecule has 28 heavy (non-hydrogen) atoms. The van der Waals surface area contributed by atoms with Crippen molar-refractivity contribution in [1.29, 1.82) is 0 Å². The Bertz CT molecular complexity index is 939. The predicted octanol–water partition coefficient (Wildman–Crippen LogP) is 5.16. The molecule has 0 unspecified atom stereocenters. The zero-order valence-electron chi connectivity index (χ0n) is 16.4. The van der Waals surface area contributed by atoms with Crippen molar-refractivity contribution in [1.82, 2.24) is 9.88 Å². The highest BCUT2D eigenvalue weighted by Crippen LogP contribution is 2.32. The first-order chi connectivity index (χ1) is 13.5. The second kappa shape index (κ2) is 9.08. The summed E-state index contributed by atoms with van der Waals surface area (Å²) in [5.41, 5.74) is 3.95. The Kier molecular flexibility index (Phi) is 6.54. The Labute approximate surface area is 169 Å². The highest BCUT2D eigenvalue weighted by Gasteiger charge is 2.20. The molecule has 0 aliphatic carbocycles. The van der Waals surface area contributed by atoms with E-state index in [0.717, 1.165) is 28.9 Å². The van der Waals surface area contributed by atoms with E-state index < -0.39 is 0 Å². The zero-order chi connectivity index (χ0) is 20.1. The van der Waals surface area contributed by atoms with Crippen molar-refractivity contribution in [3.8, 4) is 0 Å². The number of carbonyl (C=O) groups is 1.